The average molecular weight is 429 g/mol. The number of carbonyl (C=O) groups is 1. The predicted molar refractivity (Wildman–Crippen MR) is 129 cm³/mol. The van der Waals surface area contributed by atoms with Crippen molar-refractivity contribution in [2.24, 2.45) is 0 Å². The lowest BCUT2D eigenvalue weighted by Gasteiger charge is -2.07. The number of aromatic nitrogens is 1. The third-order valence-electron chi connectivity index (χ3n) is 5.07. The second-order valence-electron chi connectivity index (χ2n) is 7.46. The number of hydrogen-bond acceptors (Lipinski definition) is 3. The van der Waals surface area contributed by atoms with E-state index in [4.69, 9.17) is 20.0 Å². The molecule has 1 heterocycles. The van der Waals surface area contributed by atoms with Crippen molar-refractivity contribution in [3.05, 3.63) is 95.7 Å². The van der Waals surface area contributed by atoms with Crippen LogP contribution >= 0.6 is 0 Å². The Hall–Kier alpha value is -3.86. The van der Waals surface area contributed by atoms with Crippen LogP contribution in [-0.4, -0.2) is 28.0 Å². The van der Waals surface area contributed by atoms with Crippen LogP contribution in [0.25, 0.3) is 16.6 Å². The van der Waals surface area contributed by atoms with Gasteiger partial charge in [0.1, 0.15) is 5.75 Å². The van der Waals surface area contributed by atoms with Crippen LogP contribution in [-0.2, 0) is 11.2 Å². The minimum atomic E-state index is -0.833. The lowest BCUT2D eigenvalue weighted by molar-refractivity contribution is -0.134. The zero-order valence-electron chi connectivity index (χ0n) is 18.6. The van der Waals surface area contributed by atoms with E-state index in [-0.39, 0.29) is 0 Å². The number of carboxylic acids is 1. The minimum absolute atomic E-state index is 0.611. The molecule has 5 heteroatoms. The molecule has 0 saturated carbocycles. The number of rotatable bonds is 6. The molecule has 2 N–H and O–H groups in total. The molecular weight excluding hydrogens is 400 g/mol. The first-order valence-electron chi connectivity index (χ1n) is 10.6. The number of aliphatic carboxylic acids is 1. The summed E-state index contributed by atoms with van der Waals surface area (Å²) in [5.41, 5.74) is 6.14. The maximum atomic E-state index is 9.00. The monoisotopic (exact) mass is 428 g/mol. The van der Waals surface area contributed by atoms with Gasteiger partial charge in [-0.1, -0.05) is 42.5 Å². The number of carboxylic acid groups (broad SMARTS) is 1. The van der Waals surface area contributed by atoms with Crippen molar-refractivity contribution in [3.63, 3.8) is 0 Å². The van der Waals surface area contributed by atoms with Crippen LogP contribution in [0, 0.1) is 12.3 Å². The van der Waals surface area contributed by atoms with Crippen LogP contribution < -0.4 is 4.74 Å². The number of ether oxygens (including phenoxy) is 1. The SMILES string of the molecule is CC(=O)O.CCOc1ccc2c(c1)c(C(=N)Cc1ccccc1C)cn2-c1ccccc1. The molecule has 0 spiro atoms. The second-order valence-corrected chi connectivity index (χ2v) is 7.46. The molecule has 0 aliphatic carbocycles. The molecule has 0 bridgehead atoms. The molecule has 0 radical (unpaired) electrons. The van der Waals surface area contributed by atoms with Gasteiger partial charge < -0.3 is 19.8 Å². The van der Waals surface area contributed by atoms with Gasteiger partial charge in [0, 0.05) is 41.9 Å². The highest BCUT2D eigenvalue weighted by Gasteiger charge is 2.15. The van der Waals surface area contributed by atoms with Crippen molar-refractivity contribution >= 4 is 22.6 Å². The topological polar surface area (TPSA) is 75.3 Å². The zero-order valence-corrected chi connectivity index (χ0v) is 18.6. The van der Waals surface area contributed by atoms with Crippen LogP contribution in [0.5, 0.6) is 5.75 Å². The predicted octanol–water partition coefficient (Wildman–Crippen LogP) is 6.04. The fourth-order valence-corrected chi connectivity index (χ4v) is 3.60. The van der Waals surface area contributed by atoms with Gasteiger partial charge >= 0.3 is 0 Å². The van der Waals surface area contributed by atoms with E-state index in [2.05, 4.69) is 54.1 Å². The highest BCUT2D eigenvalue weighted by Crippen LogP contribution is 2.30. The van der Waals surface area contributed by atoms with E-state index in [1.54, 1.807) is 0 Å². The van der Waals surface area contributed by atoms with E-state index in [0.29, 0.717) is 18.7 Å². The minimum Gasteiger partial charge on any atom is -0.494 e. The van der Waals surface area contributed by atoms with Crippen LogP contribution in [0.2, 0.25) is 0 Å². The third kappa shape index (κ3) is 5.43. The molecular formula is C27H28N2O3. The van der Waals surface area contributed by atoms with Gasteiger partial charge in [0.05, 0.1) is 12.1 Å². The van der Waals surface area contributed by atoms with Crippen LogP contribution in [0.4, 0.5) is 0 Å². The van der Waals surface area contributed by atoms with Crippen molar-refractivity contribution in [2.45, 2.75) is 27.2 Å². The maximum absolute atomic E-state index is 9.00. The smallest absolute Gasteiger partial charge is 0.300 e. The van der Waals surface area contributed by atoms with Crippen molar-refractivity contribution in [3.8, 4) is 11.4 Å². The average Bonchev–Trinajstić information content (AvgIpc) is 3.15. The first-order chi connectivity index (χ1) is 15.4. The molecule has 164 valence electrons. The van der Waals surface area contributed by atoms with E-state index in [0.717, 1.165) is 34.8 Å². The first kappa shape index (κ1) is 22.8. The summed E-state index contributed by atoms with van der Waals surface area (Å²) in [6.07, 6.45) is 2.69. The molecule has 0 saturated heterocycles. The Morgan fingerprint density at radius 3 is 2.34 bits per heavy atom. The van der Waals surface area contributed by atoms with Crippen LogP contribution in [0.15, 0.2) is 79.0 Å². The van der Waals surface area contributed by atoms with Crippen molar-refractivity contribution in [2.75, 3.05) is 6.61 Å². The Morgan fingerprint density at radius 2 is 1.69 bits per heavy atom. The van der Waals surface area contributed by atoms with Gasteiger partial charge in [0.2, 0.25) is 0 Å². The largest absolute Gasteiger partial charge is 0.494 e. The summed E-state index contributed by atoms with van der Waals surface area (Å²) in [6.45, 7) is 5.80. The van der Waals surface area contributed by atoms with E-state index in [9.17, 15) is 0 Å². The van der Waals surface area contributed by atoms with Gasteiger partial charge in [-0.3, -0.25) is 4.79 Å². The van der Waals surface area contributed by atoms with Crippen molar-refractivity contribution < 1.29 is 14.6 Å². The summed E-state index contributed by atoms with van der Waals surface area (Å²) in [7, 11) is 0. The summed E-state index contributed by atoms with van der Waals surface area (Å²) >= 11 is 0. The fraction of sp³-hybridized carbons (Fsp3) is 0.185. The van der Waals surface area contributed by atoms with Gasteiger partial charge in [0.25, 0.3) is 5.97 Å². The molecule has 0 aliphatic heterocycles. The van der Waals surface area contributed by atoms with Crippen molar-refractivity contribution in [1.82, 2.24) is 4.57 Å². The molecule has 0 atom stereocenters. The standard InChI is InChI=1S/C25H24N2O.C2H4O2/c1-3-28-21-13-14-25-22(16-21)23(17-27(25)20-11-5-4-6-12-20)24(26)15-19-10-8-7-9-18(19)2;1-2(3)4/h4-14,16-17,26H,3,15H2,1-2H3;1H3,(H,3,4). The first-order valence-corrected chi connectivity index (χ1v) is 10.6. The molecule has 0 unspecified atom stereocenters. The lowest BCUT2D eigenvalue weighted by atomic mass is 9.98. The molecule has 5 nitrogen and oxygen atoms in total. The summed E-state index contributed by atoms with van der Waals surface area (Å²) in [6, 6.07) is 24.7. The van der Waals surface area contributed by atoms with Gasteiger partial charge in [-0.05, 0) is 55.3 Å². The molecule has 1 aromatic heterocycles. The maximum Gasteiger partial charge on any atom is 0.300 e. The van der Waals surface area contributed by atoms with Crippen LogP contribution in [0.3, 0.4) is 0 Å². The number of benzene rings is 3. The Bertz CT molecular complexity index is 1220. The van der Waals surface area contributed by atoms with Gasteiger partial charge in [-0.15, -0.1) is 0 Å². The number of para-hydroxylation sites is 1. The van der Waals surface area contributed by atoms with Crippen molar-refractivity contribution in [1.29, 1.82) is 5.41 Å². The van der Waals surface area contributed by atoms with E-state index in [1.165, 1.54) is 11.1 Å². The van der Waals surface area contributed by atoms with Gasteiger partial charge in [-0.25, -0.2) is 0 Å². The quantitative estimate of drug-likeness (QED) is 0.368. The summed E-state index contributed by atoms with van der Waals surface area (Å²) in [4.78, 5) is 9.00. The second kappa shape index (κ2) is 10.4. The Morgan fingerprint density at radius 1 is 1.03 bits per heavy atom. The van der Waals surface area contributed by atoms with Crippen LogP contribution in [0.1, 0.15) is 30.5 Å². The van der Waals surface area contributed by atoms with E-state index in [1.807, 2.05) is 43.3 Å². The highest BCUT2D eigenvalue weighted by molar-refractivity contribution is 6.11. The lowest BCUT2D eigenvalue weighted by Crippen LogP contribution is -2.04. The molecule has 32 heavy (non-hydrogen) atoms. The Kier molecular flexibility index (Phi) is 7.45. The summed E-state index contributed by atoms with van der Waals surface area (Å²) < 4.78 is 7.88. The van der Waals surface area contributed by atoms with Gasteiger partial charge in [-0.2, -0.15) is 0 Å². The number of aryl methyl sites for hydroxylation is 1. The Labute approximate surface area is 188 Å². The Balaban J connectivity index is 0.000000668. The molecule has 0 aliphatic rings. The molecule has 0 amide bonds. The molecule has 3 aromatic carbocycles. The normalized spacial score (nSPS) is 10.3. The summed E-state index contributed by atoms with van der Waals surface area (Å²) in [5, 5.41) is 17.3. The van der Waals surface area contributed by atoms with E-state index >= 15 is 0 Å². The number of nitrogens with one attached hydrogen (secondary N) is 1. The third-order valence-corrected chi connectivity index (χ3v) is 5.07. The number of fused-ring (bicyclic) bond motifs is 1. The fourth-order valence-electron chi connectivity index (χ4n) is 3.60. The molecule has 4 rings (SSSR count). The summed E-state index contributed by atoms with van der Waals surface area (Å²) in [5.74, 6) is 0.00533. The number of nitrogens with zero attached hydrogens (tertiary/aromatic N) is 1. The molecule has 4 aromatic rings. The zero-order chi connectivity index (χ0) is 23.1. The van der Waals surface area contributed by atoms with E-state index < -0.39 is 5.97 Å². The van der Waals surface area contributed by atoms with Gasteiger partial charge in [0.15, 0.2) is 0 Å². The number of hydrogen-bond donors (Lipinski definition) is 2. The molecule has 0 fully saturated rings. The highest BCUT2D eigenvalue weighted by atomic mass is 16.5.